The molecule has 0 aliphatic carbocycles. The molecular formula is C12H13N3O4. The van der Waals surface area contributed by atoms with E-state index in [1.807, 2.05) is 0 Å². The van der Waals surface area contributed by atoms with E-state index in [0.717, 1.165) is 6.42 Å². The van der Waals surface area contributed by atoms with E-state index in [-0.39, 0.29) is 5.69 Å². The van der Waals surface area contributed by atoms with Gasteiger partial charge in [0.15, 0.2) is 0 Å². The number of aliphatic carboxylic acids is 1. The fourth-order valence-corrected chi connectivity index (χ4v) is 2.00. The SMILES string of the molecule is O=C(O)[C@H]1CCCN1/N=C\c1cccc([N+](=O)[O-])c1. The highest BCUT2D eigenvalue weighted by Crippen LogP contribution is 2.18. The van der Waals surface area contributed by atoms with Crippen LogP contribution in [0, 0.1) is 10.1 Å². The Morgan fingerprint density at radius 2 is 2.37 bits per heavy atom. The average Bonchev–Trinajstić information content (AvgIpc) is 2.85. The first-order valence-electron chi connectivity index (χ1n) is 5.86. The molecule has 7 heteroatoms. The first-order valence-corrected chi connectivity index (χ1v) is 5.86. The molecule has 0 radical (unpaired) electrons. The molecule has 1 fully saturated rings. The number of nitro groups is 1. The fourth-order valence-electron chi connectivity index (χ4n) is 2.00. The summed E-state index contributed by atoms with van der Waals surface area (Å²) in [5, 5.41) is 25.2. The van der Waals surface area contributed by atoms with Gasteiger partial charge in [0.05, 0.1) is 11.1 Å². The molecule has 0 unspecified atom stereocenters. The maximum atomic E-state index is 11.0. The van der Waals surface area contributed by atoms with Gasteiger partial charge in [-0.1, -0.05) is 12.1 Å². The van der Waals surface area contributed by atoms with Gasteiger partial charge >= 0.3 is 5.97 Å². The van der Waals surface area contributed by atoms with E-state index in [9.17, 15) is 14.9 Å². The van der Waals surface area contributed by atoms with Crippen LogP contribution in [0.15, 0.2) is 29.4 Å². The Balaban J connectivity index is 2.12. The Labute approximate surface area is 109 Å². The zero-order valence-corrected chi connectivity index (χ0v) is 10.1. The minimum absolute atomic E-state index is 0.0137. The van der Waals surface area contributed by atoms with Crippen molar-refractivity contribution in [1.29, 1.82) is 0 Å². The molecule has 19 heavy (non-hydrogen) atoms. The molecule has 1 aliphatic heterocycles. The van der Waals surface area contributed by atoms with Crippen LogP contribution < -0.4 is 0 Å². The molecule has 1 N–H and O–H groups in total. The molecule has 0 amide bonds. The molecule has 7 nitrogen and oxygen atoms in total. The standard InChI is InChI=1S/C12H13N3O4/c16-12(17)11-5-2-6-14(11)13-8-9-3-1-4-10(7-9)15(18)19/h1,3-4,7-8,11H,2,5-6H2,(H,16,17)/b13-8-/t11-/m1/s1. The van der Waals surface area contributed by atoms with Crippen molar-refractivity contribution in [2.75, 3.05) is 6.54 Å². The van der Waals surface area contributed by atoms with Crippen molar-refractivity contribution in [3.63, 3.8) is 0 Å². The Bertz CT molecular complexity index is 529. The van der Waals surface area contributed by atoms with Crippen LogP contribution in [0.4, 0.5) is 5.69 Å². The number of nitrogens with zero attached hydrogens (tertiary/aromatic N) is 3. The monoisotopic (exact) mass is 263 g/mol. The Morgan fingerprint density at radius 3 is 3.05 bits per heavy atom. The smallest absolute Gasteiger partial charge is 0.328 e. The highest BCUT2D eigenvalue weighted by atomic mass is 16.6. The van der Waals surface area contributed by atoms with E-state index in [2.05, 4.69) is 5.10 Å². The molecule has 1 aliphatic rings. The Kier molecular flexibility index (Phi) is 3.74. The largest absolute Gasteiger partial charge is 0.480 e. The summed E-state index contributed by atoms with van der Waals surface area (Å²) in [7, 11) is 0. The lowest BCUT2D eigenvalue weighted by Crippen LogP contribution is -2.31. The van der Waals surface area contributed by atoms with Gasteiger partial charge in [0.1, 0.15) is 6.04 Å². The van der Waals surface area contributed by atoms with Crippen LogP contribution in [0.25, 0.3) is 0 Å². The zero-order chi connectivity index (χ0) is 13.8. The second-order valence-corrected chi connectivity index (χ2v) is 4.26. The van der Waals surface area contributed by atoms with E-state index in [0.29, 0.717) is 18.5 Å². The number of rotatable bonds is 4. The summed E-state index contributed by atoms with van der Waals surface area (Å²) in [6.07, 6.45) is 2.80. The molecular weight excluding hydrogens is 250 g/mol. The van der Waals surface area contributed by atoms with Crippen LogP contribution in [0.2, 0.25) is 0 Å². The number of carbonyl (C=O) groups is 1. The molecule has 1 aromatic carbocycles. The van der Waals surface area contributed by atoms with Gasteiger partial charge in [-0.25, -0.2) is 4.79 Å². The van der Waals surface area contributed by atoms with Gasteiger partial charge in [0, 0.05) is 24.2 Å². The maximum Gasteiger partial charge on any atom is 0.328 e. The third-order valence-electron chi connectivity index (χ3n) is 2.95. The molecule has 0 spiro atoms. The number of nitro benzene ring substituents is 1. The van der Waals surface area contributed by atoms with E-state index < -0.39 is 16.9 Å². The minimum atomic E-state index is -0.895. The highest BCUT2D eigenvalue weighted by molar-refractivity contribution is 5.81. The van der Waals surface area contributed by atoms with Crippen LogP contribution in [-0.2, 0) is 4.79 Å². The highest BCUT2D eigenvalue weighted by Gasteiger charge is 2.29. The van der Waals surface area contributed by atoms with Gasteiger partial charge in [0.2, 0.25) is 0 Å². The third-order valence-corrected chi connectivity index (χ3v) is 2.95. The topological polar surface area (TPSA) is 96.0 Å². The summed E-state index contributed by atoms with van der Waals surface area (Å²) >= 11 is 0. The first kappa shape index (κ1) is 13.0. The van der Waals surface area contributed by atoms with Gasteiger partial charge < -0.3 is 5.11 Å². The Morgan fingerprint density at radius 1 is 1.58 bits per heavy atom. The number of carboxylic acid groups (broad SMARTS) is 1. The van der Waals surface area contributed by atoms with Crippen LogP contribution in [0.3, 0.4) is 0 Å². The van der Waals surface area contributed by atoms with Gasteiger partial charge in [-0.05, 0) is 12.8 Å². The molecule has 0 aromatic heterocycles. The van der Waals surface area contributed by atoms with Crippen molar-refractivity contribution in [1.82, 2.24) is 5.01 Å². The third kappa shape index (κ3) is 3.06. The van der Waals surface area contributed by atoms with Crippen molar-refractivity contribution in [2.45, 2.75) is 18.9 Å². The molecule has 1 saturated heterocycles. The van der Waals surface area contributed by atoms with E-state index >= 15 is 0 Å². The molecule has 100 valence electrons. The number of carboxylic acids is 1. The second-order valence-electron chi connectivity index (χ2n) is 4.26. The maximum absolute atomic E-state index is 11.0. The molecule has 0 bridgehead atoms. The van der Waals surface area contributed by atoms with Crippen molar-refractivity contribution in [2.24, 2.45) is 5.10 Å². The molecule has 1 heterocycles. The van der Waals surface area contributed by atoms with Crippen LogP contribution >= 0.6 is 0 Å². The lowest BCUT2D eigenvalue weighted by molar-refractivity contribution is -0.384. The van der Waals surface area contributed by atoms with Gasteiger partial charge in [0.25, 0.3) is 5.69 Å². The number of hydrazone groups is 1. The summed E-state index contributed by atoms with van der Waals surface area (Å²) in [5.41, 5.74) is 0.561. The molecule has 1 atom stereocenters. The van der Waals surface area contributed by atoms with E-state index in [1.165, 1.54) is 23.4 Å². The number of hydrogen-bond acceptors (Lipinski definition) is 5. The zero-order valence-electron chi connectivity index (χ0n) is 10.1. The van der Waals surface area contributed by atoms with E-state index in [1.54, 1.807) is 12.1 Å². The second kappa shape index (κ2) is 5.47. The summed E-state index contributed by atoms with van der Waals surface area (Å²) in [4.78, 5) is 21.1. The summed E-state index contributed by atoms with van der Waals surface area (Å²) in [6, 6.07) is 5.44. The molecule has 1 aromatic rings. The summed E-state index contributed by atoms with van der Waals surface area (Å²) in [5.74, 6) is -0.895. The molecule has 0 saturated carbocycles. The Hall–Kier alpha value is -2.44. The lowest BCUT2D eigenvalue weighted by atomic mass is 10.2. The normalized spacial score (nSPS) is 18.9. The van der Waals surface area contributed by atoms with Crippen molar-refractivity contribution >= 4 is 17.9 Å². The van der Waals surface area contributed by atoms with Crippen LogP contribution in [0.5, 0.6) is 0 Å². The quantitative estimate of drug-likeness (QED) is 0.504. The number of hydrogen-bond donors (Lipinski definition) is 1. The number of benzene rings is 1. The lowest BCUT2D eigenvalue weighted by Gasteiger charge is -2.16. The molecule has 2 rings (SSSR count). The predicted octanol–water partition coefficient (Wildman–Crippen LogP) is 1.48. The van der Waals surface area contributed by atoms with Crippen LogP contribution in [-0.4, -0.2) is 39.8 Å². The summed E-state index contributed by atoms with van der Waals surface area (Å²) < 4.78 is 0. The first-order chi connectivity index (χ1) is 9.08. The van der Waals surface area contributed by atoms with Crippen molar-refractivity contribution in [3.05, 3.63) is 39.9 Å². The average molecular weight is 263 g/mol. The minimum Gasteiger partial charge on any atom is -0.480 e. The van der Waals surface area contributed by atoms with E-state index in [4.69, 9.17) is 5.11 Å². The van der Waals surface area contributed by atoms with Crippen molar-refractivity contribution < 1.29 is 14.8 Å². The predicted molar refractivity (Wildman–Crippen MR) is 68.1 cm³/mol. The van der Waals surface area contributed by atoms with Crippen molar-refractivity contribution in [3.8, 4) is 0 Å². The van der Waals surface area contributed by atoms with Gasteiger partial charge in [-0.2, -0.15) is 5.10 Å². The van der Waals surface area contributed by atoms with Gasteiger partial charge in [-0.3, -0.25) is 15.1 Å². The fraction of sp³-hybridized carbons (Fsp3) is 0.333. The number of non-ortho nitro benzene ring substituents is 1. The van der Waals surface area contributed by atoms with Crippen LogP contribution in [0.1, 0.15) is 18.4 Å². The van der Waals surface area contributed by atoms with Gasteiger partial charge in [-0.15, -0.1) is 0 Å². The summed E-state index contributed by atoms with van der Waals surface area (Å²) in [6.45, 7) is 0.586.